The lowest BCUT2D eigenvalue weighted by molar-refractivity contribution is -0.144. The Kier molecular flexibility index (Phi) is 9.19. The molecule has 162 valence electrons. The summed E-state index contributed by atoms with van der Waals surface area (Å²) in [6, 6.07) is 11.7. The smallest absolute Gasteiger partial charge is 0.306 e. The van der Waals surface area contributed by atoms with E-state index in [1.165, 1.54) is 0 Å². The van der Waals surface area contributed by atoms with Gasteiger partial charge in [-0.2, -0.15) is 0 Å². The van der Waals surface area contributed by atoms with Crippen molar-refractivity contribution in [1.29, 1.82) is 0 Å². The maximum Gasteiger partial charge on any atom is 0.306 e. The molecule has 0 aromatic heterocycles. The first kappa shape index (κ1) is 23.3. The first-order valence-corrected chi connectivity index (χ1v) is 10.2. The number of esters is 2. The van der Waals surface area contributed by atoms with Crippen LogP contribution in [0.3, 0.4) is 0 Å². The molecule has 0 saturated carbocycles. The minimum absolute atomic E-state index is 0.214. The lowest BCUT2D eigenvalue weighted by atomic mass is 9.96. The minimum Gasteiger partial charge on any atom is -0.496 e. The molecule has 0 aliphatic heterocycles. The van der Waals surface area contributed by atoms with E-state index < -0.39 is 0 Å². The van der Waals surface area contributed by atoms with Crippen molar-refractivity contribution in [2.45, 2.75) is 39.5 Å². The molecular weight excluding hydrogens is 384 g/mol. The highest BCUT2D eigenvalue weighted by Gasteiger charge is 2.15. The van der Waals surface area contributed by atoms with Gasteiger partial charge in [0.05, 0.1) is 27.4 Å². The van der Waals surface area contributed by atoms with Gasteiger partial charge in [-0.1, -0.05) is 12.1 Å². The summed E-state index contributed by atoms with van der Waals surface area (Å²) in [4.78, 5) is 23.4. The van der Waals surface area contributed by atoms with Crippen LogP contribution in [0.4, 0.5) is 0 Å². The fourth-order valence-corrected chi connectivity index (χ4v) is 3.20. The van der Waals surface area contributed by atoms with Crippen molar-refractivity contribution in [3.63, 3.8) is 0 Å². The molecule has 2 aromatic rings. The fraction of sp³-hybridized carbons (Fsp3) is 0.417. The lowest BCUT2D eigenvalue weighted by Gasteiger charge is -2.15. The summed E-state index contributed by atoms with van der Waals surface area (Å²) in [5, 5.41) is 0. The van der Waals surface area contributed by atoms with Crippen LogP contribution >= 0.6 is 0 Å². The number of carbonyl (C=O) groups is 2. The molecule has 30 heavy (non-hydrogen) atoms. The van der Waals surface area contributed by atoms with Crippen LogP contribution < -0.4 is 9.47 Å². The Morgan fingerprint density at radius 2 is 1.10 bits per heavy atom. The van der Waals surface area contributed by atoms with E-state index in [0.29, 0.717) is 50.4 Å². The monoisotopic (exact) mass is 414 g/mol. The van der Waals surface area contributed by atoms with Crippen molar-refractivity contribution in [2.75, 3.05) is 27.4 Å². The summed E-state index contributed by atoms with van der Waals surface area (Å²) in [6.45, 7) is 4.35. The highest BCUT2D eigenvalue weighted by Crippen LogP contribution is 2.38. The number of rotatable bonds is 11. The summed E-state index contributed by atoms with van der Waals surface area (Å²) in [6.07, 6.45) is 1.77. The Hall–Kier alpha value is -3.02. The first-order valence-electron chi connectivity index (χ1n) is 10.2. The van der Waals surface area contributed by atoms with Crippen molar-refractivity contribution < 1.29 is 28.5 Å². The van der Waals surface area contributed by atoms with Crippen LogP contribution in [0.1, 0.15) is 37.8 Å². The van der Waals surface area contributed by atoms with E-state index in [1.807, 2.05) is 36.4 Å². The molecule has 6 heteroatoms. The summed E-state index contributed by atoms with van der Waals surface area (Å²) in [7, 11) is 3.24. The Balaban J connectivity index is 2.32. The number of ether oxygens (including phenoxy) is 4. The van der Waals surface area contributed by atoms with Crippen LogP contribution in [0, 0.1) is 0 Å². The highest BCUT2D eigenvalue weighted by atomic mass is 16.5. The van der Waals surface area contributed by atoms with Gasteiger partial charge in [-0.3, -0.25) is 9.59 Å². The Morgan fingerprint density at radius 1 is 0.700 bits per heavy atom. The van der Waals surface area contributed by atoms with Gasteiger partial charge in [-0.15, -0.1) is 0 Å². The van der Waals surface area contributed by atoms with E-state index in [0.717, 1.165) is 22.3 Å². The second kappa shape index (κ2) is 11.9. The molecule has 0 aliphatic rings. The molecule has 0 N–H and O–H groups in total. The van der Waals surface area contributed by atoms with Crippen LogP contribution in [-0.2, 0) is 31.9 Å². The quantitative estimate of drug-likeness (QED) is 0.509. The number of aryl methyl sites for hydroxylation is 2. The van der Waals surface area contributed by atoms with E-state index in [1.54, 1.807) is 28.1 Å². The second-order valence-electron chi connectivity index (χ2n) is 6.68. The van der Waals surface area contributed by atoms with Crippen LogP contribution in [0.5, 0.6) is 11.5 Å². The van der Waals surface area contributed by atoms with Gasteiger partial charge in [0.1, 0.15) is 11.5 Å². The third-order valence-electron chi connectivity index (χ3n) is 4.66. The van der Waals surface area contributed by atoms with Gasteiger partial charge < -0.3 is 18.9 Å². The van der Waals surface area contributed by atoms with Crippen molar-refractivity contribution in [2.24, 2.45) is 0 Å². The molecule has 0 atom stereocenters. The molecule has 0 amide bonds. The molecule has 0 fully saturated rings. The molecule has 0 unspecified atom stereocenters. The molecule has 0 radical (unpaired) electrons. The number of methoxy groups -OCH3 is 2. The minimum atomic E-state index is -0.214. The number of hydrogen-bond donors (Lipinski definition) is 0. The molecule has 2 rings (SSSR count). The van der Waals surface area contributed by atoms with E-state index in [-0.39, 0.29) is 11.9 Å². The third kappa shape index (κ3) is 6.51. The normalized spacial score (nSPS) is 10.4. The molecule has 0 heterocycles. The van der Waals surface area contributed by atoms with E-state index >= 15 is 0 Å². The molecule has 2 aromatic carbocycles. The lowest BCUT2D eigenvalue weighted by Crippen LogP contribution is -2.05. The second-order valence-corrected chi connectivity index (χ2v) is 6.68. The molecule has 6 nitrogen and oxygen atoms in total. The van der Waals surface area contributed by atoms with Gasteiger partial charge in [0, 0.05) is 24.0 Å². The summed E-state index contributed by atoms with van der Waals surface area (Å²) in [5.74, 6) is 0.980. The van der Waals surface area contributed by atoms with Gasteiger partial charge >= 0.3 is 11.9 Å². The predicted molar refractivity (Wildman–Crippen MR) is 115 cm³/mol. The van der Waals surface area contributed by atoms with Crippen molar-refractivity contribution in [3.05, 3.63) is 47.5 Å². The van der Waals surface area contributed by atoms with E-state index in [2.05, 4.69) is 0 Å². The summed E-state index contributed by atoms with van der Waals surface area (Å²) >= 11 is 0. The standard InChI is InChI=1S/C24H30O6/c1-5-29-23(25)13-9-17-7-11-21(27-3)19(15-17)20-16-18(8-12-22(20)28-4)10-14-24(26)30-6-2/h7-8,11-12,15-16H,5-6,9-10,13-14H2,1-4H3. The van der Waals surface area contributed by atoms with Gasteiger partial charge in [0.25, 0.3) is 0 Å². The highest BCUT2D eigenvalue weighted by molar-refractivity contribution is 5.78. The average Bonchev–Trinajstić information content (AvgIpc) is 2.76. The molecule has 0 spiro atoms. The predicted octanol–water partition coefficient (Wildman–Crippen LogP) is 4.36. The van der Waals surface area contributed by atoms with Crippen LogP contribution in [-0.4, -0.2) is 39.4 Å². The molecule has 0 bridgehead atoms. The topological polar surface area (TPSA) is 71.1 Å². The largest absolute Gasteiger partial charge is 0.496 e. The van der Waals surface area contributed by atoms with Gasteiger partial charge in [0.15, 0.2) is 0 Å². The SMILES string of the molecule is CCOC(=O)CCc1ccc(OC)c(-c2cc(CCC(=O)OCC)ccc2OC)c1. The molecule has 0 aliphatic carbocycles. The number of benzene rings is 2. The maximum absolute atomic E-state index is 11.7. The average molecular weight is 414 g/mol. The molecular formula is C24H30O6. The summed E-state index contributed by atoms with van der Waals surface area (Å²) in [5.41, 5.74) is 3.73. The fourth-order valence-electron chi connectivity index (χ4n) is 3.20. The Labute approximate surface area is 178 Å². The summed E-state index contributed by atoms with van der Waals surface area (Å²) < 4.78 is 21.2. The number of carbonyl (C=O) groups excluding carboxylic acids is 2. The van der Waals surface area contributed by atoms with Crippen molar-refractivity contribution >= 4 is 11.9 Å². The van der Waals surface area contributed by atoms with Gasteiger partial charge in [-0.05, 0) is 62.1 Å². The van der Waals surface area contributed by atoms with Crippen LogP contribution in [0.2, 0.25) is 0 Å². The first-order chi connectivity index (χ1) is 14.5. The van der Waals surface area contributed by atoms with Crippen molar-refractivity contribution in [3.8, 4) is 22.6 Å². The molecule has 0 saturated heterocycles. The van der Waals surface area contributed by atoms with E-state index in [4.69, 9.17) is 18.9 Å². The van der Waals surface area contributed by atoms with E-state index in [9.17, 15) is 9.59 Å². The van der Waals surface area contributed by atoms with Gasteiger partial charge in [0.2, 0.25) is 0 Å². The zero-order chi connectivity index (χ0) is 21.9. The zero-order valence-electron chi connectivity index (χ0n) is 18.2. The van der Waals surface area contributed by atoms with Crippen LogP contribution in [0.15, 0.2) is 36.4 Å². The van der Waals surface area contributed by atoms with Gasteiger partial charge in [-0.25, -0.2) is 0 Å². The Bertz CT molecular complexity index is 787. The zero-order valence-corrected chi connectivity index (χ0v) is 18.2. The maximum atomic E-state index is 11.7. The third-order valence-corrected chi connectivity index (χ3v) is 4.66. The van der Waals surface area contributed by atoms with Crippen molar-refractivity contribution in [1.82, 2.24) is 0 Å². The number of hydrogen-bond acceptors (Lipinski definition) is 6. The Morgan fingerprint density at radius 3 is 1.43 bits per heavy atom. The van der Waals surface area contributed by atoms with Crippen LogP contribution in [0.25, 0.3) is 11.1 Å².